The van der Waals surface area contributed by atoms with Crippen molar-refractivity contribution in [1.82, 2.24) is 4.98 Å². The molecule has 2 heterocycles. The van der Waals surface area contributed by atoms with E-state index in [0.717, 1.165) is 0 Å². The van der Waals surface area contributed by atoms with Gasteiger partial charge in [0, 0.05) is 5.69 Å². The van der Waals surface area contributed by atoms with Gasteiger partial charge in [0.25, 0.3) is 5.91 Å². The lowest BCUT2D eigenvalue weighted by Crippen LogP contribution is -2.10. The molecule has 0 bridgehead atoms. The van der Waals surface area contributed by atoms with Crippen molar-refractivity contribution in [1.29, 1.82) is 0 Å². The summed E-state index contributed by atoms with van der Waals surface area (Å²) in [5.74, 6) is -0.0913. The van der Waals surface area contributed by atoms with Crippen LogP contribution in [0.25, 0.3) is 0 Å². The molecular formula is C16H11ClFN3OS. The van der Waals surface area contributed by atoms with Crippen LogP contribution in [0.1, 0.15) is 9.67 Å². The number of benzene rings is 1. The summed E-state index contributed by atoms with van der Waals surface area (Å²) in [6.45, 7) is 0. The molecule has 0 spiro atoms. The van der Waals surface area contributed by atoms with Gasteiger partial charge in [-0.3, -0.25) is 4.79 Å². The van der Waals surface area contributed by atoms with Crippen LogP contribution in [0.3, 0.4) is 0 Å². The molecule has 0 atom stereocenters. The molecule has 116 valence electrons. The van der Waals surface area contributed by atoms with E-state index in [1.807, 2.05) is 11.4 Å². The average molecular weight is 348 g/mol. The van der Waals surface area contributed by atoms with Crippen LogP contribution in [0.5, 0.6) is 0 Å². The van der Waals surface area contributed by atoms with Gasteiger partial charge in [0.1, 0.15) is 11.6 Å². The topological polar surface area (TPSA) is 54.0 Å². The van der Waals surface area contributed by atoms with Crippen LogP contribution in [-0.2, 0) is 0 Å². The fourth-order valence-electron chi connectivity index (χ4n) is 1.86. The van der Waals surface area contributed by atoms with Crippen LogP contribution in [0.4, 0.5) is 21.6 Å². The molecule has 23 heavy (non-hydrogen) atoms. The number of nitrogens with one attached hydrogen (secondary N) is 2. The molecule has 1 amide bonds. The number of anilines is 3. The summed E-state index contributed by atoms with van der Waals surface area (Å²) in [5.41, 5.74) is 1.21. The van der Waals surface area contributed by atoms with Crippen molar-refractivity contribution in [3.05, 3.63) is 69.8 Å². The van der Waals surface area contributed by atoms with Crippen LogP contribution in [0.2, 0.25) is 5.02 Å². The van der Waals surface area contributed by atoms with Gasteiger partial charge in [0.15, 0.2) is 0 Å². The zero-order valence-electron chi connectivity index (χ0n) is 11.7. The van der Waals surface area contributed by atoms with E-state index in [2.05, 4.69) is 15.6 Å². The first kappa shape index (κ1) is 15.5. The Kier molecular flexibility index (Phi) is 4.55. The highest BCUT2D eigenvalue weighted by molar-refractivity contribution is 7.12. The van der Waals surface area contributed by atoms with E-state index in [1.54, 1.807) is 30.5 Å². The number of rotatable bonds is 4. The number of halogens is 2. The predicted octanol–water partition coefficient (Wildman–Crippen LogP) is 4.93. The Hall–Kier alpha value is -2.44. The molecule has 3 aromatic rings. The summed E-state index contributed by atoms with van der Waals surface area (Å²) >= 11 is 7.10. The molecule has 0 fully saturated rings. The molecule has 3 rings (SSSR count). The first-order valence-corrected chi connectivity index (χ1v) is 7.90. The lowest BCUT2D eigenvalue weighted by atomic mass is 10.3. The van der Waals surface area contributed by atoms with Crippen molar-refractivity contribution < 1.29 is 9.18 Å². The maximum Gasteiger partial charge on any atom is 0.265 e. The Bertz CT molecular complexity index is 822. The molecule has 0 radical (unpaired) electrons. The van der Waals surface area contributed by atoms with Gasteiger partial charge < -0.3 is 10.6 Å². The monoisotopic (exact) mass is 347 g/mol. The summed E-state index contributed by atoms with van der Waals surface area (Å²) in [4.78, 5) is 16.8. The molecule has 2 aromatic heterocycles. The van der Waals surface area contributed by atoms with E-state index in [-0.39, 0.29) is 10.9 Å². The van der Waals surface area contributed by atoms with Crippen LogP contribution in [0, 0.1) is 5.82 Å². The van der Waals surface area contributed by atoms with Gasteiger partial charge in [0.2, 0.25) is 0 Å². The number of carbonyl (C=O) groups excluding carboxylic acids is 1. The minimum absolute atomic E-state index is 0.0369. The van der Waals surface area contributed by atoms with Crippen molar-refractivity contribution in [2.45, 2.75) is 0 Å². The van der Waals surface area contributed by atoms with Crippen LogP contribution < -0.4 is 10.6 Å². The standard InChI is InChI=1S/C16H11ClFN3OS/c17-12-8-10(3-5-13(12)18)20-15-6-4-11(9-19-15)21-16(22)14-2-1-7-23-14/h1-9H,(H,19,20)(H,21,22). The Morgan fingerprint density at radius 2 is 2.00 bits per heavy atom. The molecule has 0 saturated heterocycles. The van der Waals surface area contributed by atoms with E-state index in [9.17, 15) is 9.18 Å². The number of amides is 1. The normalized spacial score (nSPS) is 10.3. The zero-order chi connectivity index (χ0) is 16.2. The summed E-state index contributed by atoms with van der Waals surface area (Å²) in [6.07, 6.45) is 1.54. The minimum atomic E-state index is -0.475. The highest BCUT2D eigenvalue weighted by Crippen LogP contribution is 2.22. The number of carbonyl (C=O) groups is 1. The molecule has 0 saturated carbocycles. The molecule has 0 unspecified atom stereocenters. The lowest BCUT2D eigenvalue weighted by molar-refractivity contribution is 0.103. The number of nitrogens with zero attached hydrogens (tertiary/aromatic N) is 1. The Morgan fingerprint density at radius 1 is 1.17 bits per heavy atom. The third-order valence-corrected chi connectivity index (χ3v) is 4.12. The van der Waals surface area contributed by atoms with E-state index in [4.69, 9.17) is 11.6 Å². The summed E-state index contributed by atoms with van der Waals surface area (Å²) < 4.78 is 13.1. The van der Waals surface area contributed by atoms with E-state index >= 15 is 0 Å². The van der Waals surface area contributed by atoms with Gasteiger partial charge in [-0.15, -0.1) is 11.3 Å². The van der Waals surface area contributed by atoms with Gasteiger partial charge in [0.05, 0.1) is 21.8 Å². The third-order valence-electron chi connectivity index (χ3n) is 2.96. The first-order chi connectivity index (χ1) is 11.1. The van der Waals surface area contributed by atoms with Crippen LogP contribution >= 0.6 is 22.9 Å². The zero-order valence-corrected chi connectivity index (χ0v) is 13.3. The number of thiophene rings is 1. The van der Waals surface area contributed by atoms with Gasteiger partial charge in [-0.2, -0.15) is 0 Å². The molecule has 1 aromatic carbocycles. The van der Waals surface area contributed by atoms with Crippen molar-refractivity contribution in [2.75, 3.05) is 10.6 Å². The molecule has 4 nitrogen and oxygen atoms in total. The smallest absolute Gasteiger partial charge is 0.265 e. The van der Waals surface area contributed by atoms with E-state index < -0.39 is 5.82 Å². The second-order valence-electron chi connectivity index (χ2n) is 4.62. The third kappa shape index (κ3) is 3.85. The van der Waals surface area contributed by atoms with Gasteiger partial charge in [-0.25, -0.2) is 9.37 Å². The van der Waals surface area contributed by atoms with Crippen LogP contribution in [-0.4, -0.2) is 10.9 Å². The summed E-state index contributed by atoms with van der Waals surface area (Å²) in [5, 5.41) is 7.65. The fraction of sp³-hybridized carbons (Fsp3) is 0. The molecule has 2 N–H and O–H groups in total. The second-order valence-corrected chi connectivity index (χ2v) is 5.97. The Balaban J connectivity index is 1.67. The Labute approximate surface area is 141 Å². The van der Waals surface area contributed by atoms with E-state index in [0.29, 0.717) is 22.1 Å². The van der Waals surface area contributed by atoms with Gasteiger partial charge >= 0.3 is 0 Å². The van der Waals surface area contributed by atoms with E-state index in [1.165, 1.54) is 23.5 Å². The van der Waals surface area contributed by atoms with Crippen molar-refractivity contribution in [2.24, 2.45) is 0 Å². The summed E-state index contributed by atoms with van der Waals surface area (Å²) in [6, 6.07) is 11.3. The molecule has 0 aliphatic heterocycles. The number of pyridine rings is 1. The molecule has 0 aliphatic rings. The predicted molar refractivity (Wildman–Crippen MR) is 91.2 cm³/mol. The fourth-order valence-corrected chi connectivity index (χ4v) is 2.66. The molecule has 7 heteroatoms. The van der Waals surface area contributed by atoms with Crippen molar-refractivity contribution >= 4 is 46.0 Å². The van der Waals surface area contributed by atoms with Gasteiger partial charge in [-0.1, -0.05) is 17.7 Å². The van der Waals surface area contributed by atoms with Gasteiger partial charge in [-0.05, 0) is 41.8 Å². The summed E-state index contributed by atoms with van der Waals surface area (Å²) in [7, 11) is 0. The van der Waals surface area contributed by atoms with Crippen LogP contribution in [0.15, 0.2) is 54.0 Å². The number of hydrogen-bond acceptors (Lipinski definition) is 4. The molecule has 0 aliphatic carbocycles. The highest BCUT2D eigenvalue weighted by Gasteiger charge is 2.07. The lowest BCUT2D eigenvalue weighted by Gasteiger charge is -2.08. The van der Waals surface area contributed by atoms with Crippen molar-refractivity contribution in [3.63, 3.8) is 0 Å². The largest absolute Gasteiger partial charge is 0.340 e. The number of aromatic nitrogens is 1. The minimum Gasteiger partial charge on any atom is -0.340 e. The van der Waals surface area contributed by atoms with Crippen molar-refractivity contribution in [3.8, 4) is 0 Å². The second kappa shape index (κ2) is 6.76. The highest BCUT2D eigenvalue weighted by atomic mass is 35.5. The maximum absolute atomic E-state index is 13.1. The first-order valence-electron chi connectivity index (χ1n) is 6.65. The quantitative estimate of drug-likeness (QED) is 0.703. The average Bonchev–Trinajstić information content (AvgIpc) is 3.07. The maximum atomic E-state index is 13.1. The number of hydrogen-bond donors (Lipinski definition) is 2. The molecular weight excluding hydrogens is 337 g/mol. The SMILES string of the molecule is O=C(Nc1ccc(Nc2ccc(F)c(Cl)c2)nc1)c1cccs1. The Morgan fingerprint density at radius 3 is 2.65 bits per heavy atom.